The van der Waals surface area contributed by atoms with Gasteiger partial charge in [0.25, 0.3) is 0 Å². The molecule has 0 aromatic heterocycles. The van der Waals surface area contributed by atoms with Crippen LogP contribution in [-0.2, 0) is 6.54 Å². The Morgan fingerprint density at radius 1 is 1.05 bits per heavy atom. The van der Waals surface area contributed by atoms with Crippen LogP contribution in [0.3, 0.4) is 0 Å². The van der Waals surface area contributed by atoms with Gasteiger partial charge in [-0.15, -0.1) is 0 Å². The first kappa shape index (κ1) is 13.7. The van der Waals surface area contributed by atoms with Crippen LogP contribution < -0.4 is 5.32 Å². The molecule has 0 radical (unpaired) electrons. The van der Waals surface area contributed by atoms with Crippen LogP contribution in [0.25, 0.3) is 0 Å². The number of halogens is 2. The van der Waals surface area contributed by atoms with Crippen LogP contribution in [0.1, 0.15) is 15.9 Å². The molecule has 0 fully saturated rings. The molecule has 2 N–H and O–H groups in total. The highest BCUT2D eigenvalue weighted by Gasteiger charge is 2.10. The number of rotatable bonds is 4. The summed E-state index contributed by atoms with van der Waals surface area (Å²) in [6.45, 7) is 0.364. The average Bonchev–Trinajstić information content (AvgIpc) is 2.38. The van der Waals surface area contributed by atoms with E-state index in [2.05, 4.69) is 5.32 Å². The Kier molecular flexibility index (Phi) is 4.30. The lowest BCUT2D eigenvalue weighted by atomic mass is 10.1. The third-order valence-electron chi connectivity index (χ3n) is 2.67. The normalized spacial score (nSPS) is 10.2. The number of anilines is 1. The minimum Gasteiger partial charge on any atom is -0.478 e. The maximum Gasteiger partial charge on any atom is 0.337 e. The molecule has 2 aromatic rings. The van der Waals surface area contributed by atoms with Gasteiger partial charge >= 0.3 is 5.97 Å². The molecule has 2 aromatic carbocycles. The lowest BCUT2D eigenvalue weighted by Gasteiger charge is -2.11. The van der Waals surface area contributed by atoms with Crippen LogP contribution in [0, 0.1) is 0 Å². The summed E-state index contributed by atoms with van der Waals surface area (Å²) in [5.41, 5.74) is 1.49. The minimum absolute atomic E-state index is 0.214. The van der Waals surface area contributed by atoms with Gasteiger partial charge in [-0.3, -0.25) is 0 Å². The molecule has 0 bridgehead atoms. The van der Waals surface area contributed by atoms with Gasteiger partial charge in [0.05, 0.1) is 5.56 Å². The van der Waals surface area contributed by atoms with Gasteiger partial charge in [0.2, 0.25) is 0 Å². The molecular weight excluding hydrogens is 285 g/mol. The molecule has 0 spiro atoms. The summed E-state index contributed by atoms with van der Waals surface area (Å²) < 4.78 is 0. The summed E-state index contributed by atoms with van der Waals surface area (Å²) in [5.74, 6) is -0.978. The van der Waals surface area contributed by atoms with Crippen LogP contribution >= 0.6 is 23.2 Å². The SMILES string of the molecule is O=C(O)c1ccccc1NCc1c(Cl)cccc1Cl. The number of benzene rings is 2. The molecule has 2 rings (SSSR count). The second kappa shape index (κ2) is 5.95. The van der Waals surface area contributed by atoms with Gasteiger partial charge in [-0.25, -0.2) is 4.79 Å². The molecule has 5 heteroatoms. The standard InChI is InChI=1S/C14H11Cl2NO2/c15-11-5-3-6-12(16)10(11)8-17-13-7-2-1-4-9(13)14(18)19/h1-7,17H,8H2,(H,18,19). The fourth-order valence-electron chi connectivity index (χ4n) is 1.71. The highest BCUT2D eigenvalue weighted by molar-refractivity contribution is 6.36. The first-order valence-electron chi connectivity index (χ1n) is 5.58. The van der Waals surface area contributed by atoms with E-state index in [0.29, 0.717) is 22.3 Å². The minimum atomic E-state index is -0.978. The van der Waals surface area contributed by atoms with Crippen molar-refractivity contribution in [2.75, 3.05) is 5.32 Å². The van der Waals surface area contributed by atoms with Crippen LogP contribution in [0.15, 0.2) is 42.5 Å². The number of hydrogen-bond acceptors (Lipinski definition) is 2. The first-order chi connectivity index (χ1) is 9.09. The molecule has 0 aliphatic rings. The zero-order valence-corrected chi connectivity index (χ0v) is 11.4. The predicted molar refractivity (Wildman–Crippen MR) is 77.2 cm³/mol. The third kappa shape index (κ3) is 3.19. The van der Waals surface area contributed by atoms with Crippen LogP contribution in [0.2, 0.25) is 10.0 Å². The first-order valence-corrected chi connectivity index (χ1v) is 6.34. The van der Waals surface area contributed by atoms with E-state index >= 15 is 0 Å². The van der Waals surface area contributed by atoms with Crippen molar-refractivity contribution in [2.45, 2.75) is 6.54 Å². The molecular formula is C14H11Cl2NO2. The summed E-state index contributed by atoms with van der Waals surface area (Å²) >= 11 is 12.1. The Morgan fingerprint density at radius 2 is 1.68 bits per heavy atom. The monoisotopic (exact) mass is 295 g/mol. The highest BCUT2D eigenvalue weighted by atomic mass is 35.5. The molecule has 19 heavy (non-hydrogen) atoms. The quantitative estimate of drug-likeness (QED) is 0.884. The maximum atomic E-state index is 11.1. The van der Waals surface area contributed by atoms with Gasteiger partial charge < -0.3 is 10.4 Å². The topological polar surface area (TPSA) is 49.3 Å². The number of carboxylic acids is 1. The van der Waals surface area contributed by atoms with Gasteiger partial charge in [0.15, 0.2) is 0 Å². The van der Waals surface area contributed by atoms with Crippen molar-refractivity contribution in [3.63, 3.8) is 0 Å². The molecule has 3 nitrogen and oxygen atoms in total. The van der Waals surface area contributed by atoms with Crippen molar-refractivity contribution in [2.24, 2.45) is 0 Å². The summed E-state index contributed by atoms with van der Waals surface area (Å²) in [5, 5.41) is 13.2. The summed E-state index contributed by atoms with van der Waals surface area (Å²) in [6, 6.07) is 11.9. The van der Waals surface area contributed by atoms with Crippen molar-refractivity contribution in [3.05, 3.63) is 63.6 Å². The van der Waals surface area contributed by atoms with Gasteiger partial charge in [-0.2, -0.15) is 0 Å². The fraction of sp³-hybridized carbons (Fsp3) is 0.0714. The van der Waals surface area contributed by atoms with Crippen molar-refractivity contribution >= 4 is 34.9 Å². The van der Waals surface area contributed by atoms with Crippen molar-refractivity contribution in [1.29, 1.82) is 0 Å². The maximum absolute atomic E-state index is 11.1. The van der Waals surface area contributed by atoms with Gasteiger partial charge in [0.1, 0.15) is 0 Å². The fourth-order valence-corrected chi connectivity index (χ4v) is 2.24. The number of carboxylic acid groups (broad SMARTS) is 1. The average molecular weight is 296 g/mol. The van der Waals surface area contributed by atoms with E-state index in [-0.39, 0.29) is 5.56 Å². The van der Waals surface area contributed by atoms with Crippen LogP contribution in [-0.4, -0.2) is 11.1 Å². The van der Waals surface area contributed by atoms with Crippen LogP contribution in [0.5, 0.6) is 0 Å². The second-order valence-corrected chi connectivity index (χ2v) is 4.72. The number of nitrogens with one attached hydrogen (secondary N) is 1. The van der Waals surface area contributed by atoms with Crippen molar-refractivity contribution in [1.82, 2.24) is 0 Å². The van der Waals surface area contributed by atoms with E-state index < -0.39 is 5.97 Å². The molecule has 0 amide bonds. The number of aromatic carboxylic acids is 1. The molecule has 0 saturated carbocycles. The third-order valence-corrected chi connectivity index (χ3v) is 3.38. The number of hydrogen-bond donors (Lipinski definition) is 2. The second-order valence-electron chi connectivity index (χ2n) is 3.90. The van der Waals surface area contributed by atoms with E-state index in [4.69, 9.17) is 28.3 Å². The molecule has 0 unspecified atom stereocenters. The summed E-state index contributed by atoms with van der Waals surface area (Å²) in [4.78, 5) is 11.1. The zero-order chi connectivity index (χ0) is 13.8. The predicted octanol–water partition coefficient (Wildman–Crippen LogP) is 4.30. The summed E-state index contributed by atoms with van der Waals surface area (Å²) in [7, 11) is 0. The molecule has 98 valence electrons. The van der Waals surface area contributed by atoms with E-state index in [1.54, 1.807) is 42.5 Å². The molecule has 0 aliphatic carbocycles. The lowest BCUT2D eigenvalue weighted by molar-refractivity contribution is 0.0698. The van der Waals surface area contributed by atoms with Gasteiger partial charge in [0, 0.05) is 27.8 Å². The van der Waals surface area contributed by atoms with Crippen molar-refractivity contribution in [3.8, 4) is 0 Å². The Balaban J connectivity index is 2.22. The Bertz CT molecular complexity index is 594. The Morgan fingerprint density at radius 3 is 2.32 bits per heavy atom. The number of para-hydroxylation sites is 1. The zero-order valence-electron chi connectivity index (χ0n) is 9.86. The molecule has 0 atom stereocenters. The molecule has 0 aliphatic heterocycles. The highest BCUT2D eigenvalue weighted by Crippen LogP contribution is 2.25. The van der Waals surface area contributed by atoms with E-state index in [9.17, 15) is 4.79 Å². The summed E-state index contributed by atoms with van der Waals surface area (Å²) in [6.07, 6.45) is 0. The Labute approximate surface area is 120 Å². The molecule has 0 heterocycles. The smallest absolute Gasteiger partial charge is 0.337 e. The van der Waals surface area contributed by atoms with E-state index in [1.807, 2.05) is 0 Å². The lowest BCUT2D eigenvalue weighted by Crippen LogP contribution is -2.06. The van der Waals surface area contributed by atoms with E-state index in [1.165, 1.54) is 0 Å². The Hall–Kier alpha value is -1.71. The van der Waals surface area contributed by atoms with Crippen molar-refractivity contribution < 1.29 is 9.90 Å². The van der Waals surface area contributed by atoms with Gasteiger partial charge in [-0.1, -0.05) is 41.4 Å². The van der Waals surface area contributed by atoms with Crippen LogP contribution in [0.4, 0.5) is 5.69 Å². The molecule has 0 saturated heterocycles. The van der Waals surface area contributed by atoms with E-state index in [0.717, 1.165) is 5.56 Å². The number of carbonyl (C=O) groups is 1. The van der Waals surface area contributed by atoms with Gasteiger partial charge in [-0.05, 0) is 24.3 Å². The largest absolute Gasteiger partial charge is 0.478 e.